The molecule has 0 saturated heterocycles. The zero-order valence-corrected chi connectivity index (χ0v) is 23.1. The van der Waals surface area contributed by atoms with E-state index in [1.165, 1.54) is 11.1 Å². The highest BCUT2D eigenvalue weighted by molar-refractivity contribution is 5.74. The van der Waals surface area contributed by atoms with Gasteiger partial charge in [-0.3, -0.25) is 4.79 Å². The van der Waals surface area contributed by atoms with Crippen molar-refractivity contribution in [2.75, 3.05) is 28.4 Å². The molecule has 0 saturated carbocycles. The van der Waals surface area contributed by atoms with E-state index in [2.05, 4.69) is 29.6 Å². The Labute approximate surface area is 238 Å². The molecule has 7 heteroatoms. The van der Waals surface area contributed by atoms with Crippen LogP contribution in [0.1, 0.15) is 34.5 Å². The van der Waals surface area contributed by atoms with Crippen LogP contribution in [-0.4, -0.2) is 34.7 Å². The summed E-state index contributed by atoms with van der Waals surface area (Å²) in [6.45, 7) is 2.27. The Morgan fingerprint density at radius 1 is 0.550 bits per heavy atom. The SMILES string of the molecule is C.COc1ccc(C=O)cc1.COc1ccc(CN)cc1.COc1ccc(CNCc2ccc(OC)cc2)cc1. The third-order valence-corrected chi connectivity index (χ3v) is 5.62. The van der Waals surface area contributed by atoms with E-state index >= 15 is 0 Å². The van der Waals surface area contributed by atoms with Crippen molar-refractivity contribution in [2.45, 2.75) is 27.1 Å². The average molecular weight is 547 g/mol. The zero-order valence-electron chi connectivity index (χ0n) is 23.1. The highest BCUT2D eigenvalue weighted by Gasteiger charge is 1.97. The second-order valence-electron chi connectivity index (χ2n) is 8.24. The van der Waals surface area contributed by atoms with Gasteiger partial charge in [0.2, 0.25) is 0 Å². The van der Waals surface area contributed by atoms with E-state index in [1.807, 2.05) is 48.5 Å². The summed E-state index contributed by atoms with van der Waals surface area (Å²) in [7, 11) is 6.60. The van der Waals surface area contributed by atoms with E-state index in [1.54, 1.807) is 52.7 Å². The van der Waals surface area contributed by atoms with Gasteiger partial charge in [-0.15, -0.1) is 0 Å². The number of carbonyl (C=O) groups excluding carboxylic acids is 1. The van der Waals surface area contributed by atoms with Crippen LogP contribution in [0.15, 0.2) is 97.1 Å². The second-order valence-corrected chi connectivity index (χ2v) is 8.24. The van der Waals surface area contributed by atoms with Crippen molar-refractivity contribution in [2.24, 2.45) is 5.73 Å². The lowest BCUT2D eigenvalue weighted by Crippen LogP contribution is -2.12. The zero-order chi connectivity index (χ0) is 28.3. The number of hydrogen-bond donors (Lipinski definition) is 2. The molecular weight excluding hydrogens is 504 g/mol. The maximum atomic E-state index is 10.2. The number of benzene rings is 4. The van der Waals surface area contributed by atoms with E-state index in [4.69, 9.17) is 24.7 Å². The van der Waals surface area contributed by atoms with E-state index in [0.29, 0.717) is 12.1 Å². The summed E-state index contributed by atoms with van der Waals surface area (Å²) in [6.07, 6.45) is 0.805. The highest BCUT2D eigenvalue weighted by Crippen LogP contribution is 2.13. The van der Waals surface area contributed by atoms with Gasteiger partial charge < -0.3 is 30.0 Å². The molecule has 3 N–H and O–H groups in total. The normalized spacial score (nSPS) is 9.43. The molecule has 0 unspecified atom stereocenters. The lowest BCUT2D eigenvalue weighted by atomic mass is 10.2. The largest absolute Gasteiger partial charge is 0.497 e. The molecule has 7 nitrogen and oxygen atoms in total. The van der Waals surface area contributed by atoms with Gasteiger partial charge in [-0.2, -0.15) is 0 Å². The van der Waals surface area contributed by atoms with E-state index in [-0.39, 0.29) is 7.43 Å². The van der Waals surface area contributed by atoms with Crippen molar-refractivity contribution < 1.29 is 23.7 Å². The number of ether oxygens (including phenoxy) is 4. The maximum Gasteiger partial charge on any atom is 0.150 e. The lowest BCUT2D eigenvalue weighted by molar-refractivity contribution is 0.112. The van der Waals surface area contributed by atoms with Crippen LogP contribution in [-0.2, 0) is 19.6 Å². The molecule has 40 heavy (non-hydrogen) atoms. The molecule has 0 spiro atoms. The van der Waals surface area contributed by atoms with Gasteiger partial charge in [0.05, 0.1) is 28.4 Å². The minimum absolute atomic E-state index is 0. The minimum Gasteiger partial charge on any atom is -0.497 e. The molecule has 4 aromatic carbocycles. The molecule has 0 aliphatic rings. The van der Waals surface area contributed by atoms with E-state index in [0.717, 1.165) is 47.9 Å². The summed E-state index contributed by atoms with van der Waals surface area (Å²) >= 11 is 0. The van der Waals surface area contributed by atoms with Gasteiger partial charge in [0.1, 0.15) is 29.3 Å². The topological polar surface area (TPSA) is 92.0 Å². The van der Waals surface area contributed by atoms with Gasteiger partial charge in [-0.1, -0.05) is 43.8 Å². The Morgan fingerprint density at radius 3 is 1.12 bits per heavy atom. The molecule has 0 bridgehead atoms. The van der Waals surface area contributed by atoms with Gasteiger partial charge in [0.15, 0.2) is 0 Å². The number of methoxy groups -OCH3 is 4. The summed E-state index contributed by atoms with van der Waals surface area (Å²) in [6, 6.07) is 30.8. The Balaban J connectivity index is 0.000000324. The number of rotatable bonds is 10. The quantitative estimate of drug-likeness (QED) is 0.226. The molecule has 0 amide bonds. The standard InChI is InChI=1S/C16H19NO2.C8H11NO.C8H8O2.CH4/c1-18-15-7-3-13(4-8-15)11-17-12-14-5-9-16(19-2)10-6-14;2*1-10-8-4-2-7(6-9)3-5-8;/h3-10,17H,11-12H2,1-2H3;2-5H,6,9H2,1H3;2-6H,1H3;1H4. The van der Waals surface area contributed by atoms with Crippen LogP contribution in [0.2, 0.25) is 0 Å². The van der Waals surface area contributed by atoms with Crippen LogP contribution >= 0.6 is 0 Å². The van der Waals surface area contributed by atoms with Crippen LogP contribution < -0.4 is 30.0 Å². The molecule has 0 atom stereocenters. The van der Waals surface area contributed by atoms with Crippen LogP contribution in [0.25, 0.3) is 0 Å². The summed E-state index contributed by atoms with van der Waals surface area (Å²) < 4.78 is 20.1. The van der Waals surface area contributed by atoms with Crippen molar-refractivity contribution in [1.82, 2.24) is 5.32 Å². The molecule has 214 valence electrons. The Bertz CT molecular complexity index is 1120. The predicted molar refractivity (Wildman–Crippen MR) is 163 cm³/mol. The van der Waals surface area contributed by atoms with Crippen LogP contribution in [0.5, 0.6) is 23.0 Å². The summed E-state index contributed by atoms with van der Waals surface area (Å²) in [5, 5.41) is 3.41. The molecule has 0 radical (unpaired) electrons. The fraction of sp³-hybridized carbons (Fsp3) is 0.242. The van der Waals surface area contributed by atoms with Gasteiger partial charge in [0.25, 0.3) is 0 Å². The molecule has 0 fully saturated rings. The van der Waals surface area contributed by atoms with Crippen molar-refractivity contribution >= 4 is 6.29 Å². The van der Waals surface area contributed by atoms with Crippen LogP contribution in [0, 0.1) is 0 Å². The van der Waals surface area contributed by atoms with Gasteiger partial charge in [0, 0.05) is 25.2 Å². The number of nitrogens with one attached hydrogen (secondary N) is 1. The molecule has 0 heterocycles. The predicted octanol–water partition coefficient (Wildman–Crippen LogP) is 6.29. The number of carbonyl (C=O) groups is 1. The highest BCUT2D eigenvalue weighted by atomic mass is 16.5. The monoisotopic (exact) mass is 546 g/mol. The summed E-state index contributed by atoms with van der Waals surface area (Å²) in [4.78, 5) is 10.2. The molecular formula is C33H42N2O5. The molecule has 4 rings (SSSR count). The first-order valence-corrected chi connectivity index (χ1v) is 12.4. The first kappa shape index (κ1) is 33.7. The maximum absolute atomic E-state index is 10.2. The summed E-state index contributed by atoms with van der Waals surface area (Å²) in [5.41, 5.74) is 9.68. The molecule has 4 aromatic rings. The lowest BCUT2D eigenvalue weighted by Gasteiger charge is -2.07. The van der Waals surface area contributed by atoms with Crippen LogP contribution in [0.3, 0.4) is 0 Å². The van der Waals surface area contributed by atoms with Crippen molar-refractivity contribution in [1.29, 1.82) is 0 Å². The molecule has 0 aromatic heterocycles. The number of nitrogens with two attached hydrogens (primary N) is 1. The third kappa shape index (κ3) is 12.5. The number of hydrogen-bond acceptors (Lipinski definition) is 7. The van der Waals surface area contributed by atoms with Crippen molar-refractivity contribution in [3.05, 3.63) is 119 Å². The van der Waals surface area contributed by atoms with Crippen LogP contribution in [0.4, 0.5) is 0 Å². The van der Waals surface area contributed by atoms with Gasteiger partial charge in [-0.05, 0) is 77.4 Å². The number of aldehydes is 1. The van der Waals surface area contributed by atoms with Gasteiger partial charge in [-0.25, -0.2) is 0 Å². The fourth-order valence-electron chi connectivity index (χ4n) is 3.28. The average Bonchev–Trinajstić information content (AvgIpc) is 3.02. The Morgan fingerprint density at radius 2 is 0.850 bits per heavy atom. The fourth-order valence-corrected chi connectivity index (χ4v) is 3.28. The smallest absolute Gasteiger partial charge is 0.150 e. The first-order valence-electron chi connectivity index (χ1n) is 12.4. The Hall–Kier alpha value is -4.33. The minimum atomic E-state index is 0. The van der Waals surface area contributed by atoms with E-state index < -0.39 is 0 Å². The summed E-state index contributed by atoms with van der Waals surface area (Å²) in [5.74, 6) is 3.42. The Kier molecular flexibility index (Phi) is 16.6. The molecule has 0 aliphatic heterocycles. The first-order chi connectivity index (χ1) is 19.0. The van der Waals surface area contributed by atoms with E-state index in [9.17, 15) is 4.79 Å². The van der Waals surface area contributed by atoms with Crippen molar-refractivity contribution in [3.8, 4) is 23.0 Å². The second kappa shape index (κ2) is 19.7. The van der Waals surface area contributed by atoms with Crippen molar-refractivity contribution in [3.63, 3.8) is 0 Å². The third-order valence-electron chi connectivity index (χ3n) is 5.62. The molecule has 0 aliphatic carbocycles. The van der Waals surface area contributed by atoms with Gasteiger partial charge >= 0.3 is 0 Å².